The number of hydrogen-bond acceptors (Lipinski definition) is 5. The van der Waals surface area contributed by atoms with Gasteiger partial charge in [0.2, 0.25) is 6.10 Å². The van der Waals surface area contributed by atoms with Crippen LogP contribution in [0.1, 0.15) is 16.9 Å². The van der Waals surface area contributed by atoms with Gasteiger partial charge >= 0.3 is 5.97 Å². The van der Waals surface area contributed by atoms with Crippen LogP contribution in [0, 0.1) is 5.82 Å². The lowest BCUT2D eigenvalue weighted by Gasteiger charge is -2.08. The van der Waals surface area contributed by atoms with Crippen LogP contribution in [0.5, 0.6) is 0 Å². The van der Waals surface area contributed by atoms with E-state index in [1.807, 2.05) is 17.5 Å². The minimum atomic E-state index is -0.749. The number of halogens is 1. The molecule has 0 bridgehead atoms. The summed E-state index contributed by atoms with van der Waals surface area (Å²) in [5, 5.41) is 5.84. The first kappa shape index (κ1) is 14.7. The van der Waals surface area contributed by atoms with Crippen molar-refractivity contribution in [3.8, 4) is 0 Å². The van der Waals surface area contributed by atoms with E-state index in [-0.39, 0.29) is 5.82 Å². The first-order valence-electron chi connectivity index (χ1n) is 6.90. The van der Waals surface area contributed by atoms with Crippen LogP contribution in [0.25, 0.3) is 0 Å². The lowest BCUT2D eigenvalue weighted by atomic mass is 10.1. The number of carbonyl (C=O) groups is 1. The molecular weight excluding hydrogens is 305 g/mol. The van der Waals surface area contributed by atoms with Gasteiger partial charge in [0, 0.05) is 23.3 Å². The maximum atomic E-state index is 13.2. The summed E-state index contributed by atoms with van der Waals surface area (Å²) in [6.07, 6.45) is 0.233. The summed E-state index contributed by atoms with van der Waals surface area (Å²) in [5.74, 6) is -0.783. The molecule has 2 aromatic rings. The second-order valence-corrected chi connectivity index (χ2v) is 5.88. The maximum Gasteiger partial charge on any atom is 0.350 e. The number of oxime groups is 1. The van der Waals surface area contributed by atoms with Crippen molar-refractivity contribution in [1.29, 1.82) is 0 Å². The van der Waals surface area contributed by atoms with E-state index in [2.05, 4.69) is 5.16 Å². The third-order valence-electron chi connectivity index (χ3n) is 3.26. The summed E-state index contributed by atoms with van der Waals surface area (Å²) in [5.41, 5.74) is 1.17. The Kier molecular flexibility index (Phi) is 4.48. The Morgan fingerprint density at radius 2 is 2.32 bits per heavy atom. The van der Waals surface area contributed by atoms with Gasteiger partial charge in [-0.3, -0.25) is 0 Å². The standard InChI is InChI=1S/C16H14FNO3S/c17-12-4-1-3-11(9-12)14-10-15(21-18-14)16(19)20-7-6-13-5-2-8-22-13/h1-5,8-9,15H,6-7,10H2. The number of rotatable bonds is 5. The summed E-state index contributed by atoms with van der Waals surface area (Å²) in [6, 6.07) is 10.0. The predicted molar refractivity (Wildman–Crippen MR) is 81.4 cm³/mol. The molecule has 3 rings (SSSR count). The third-order valence-corrected chi connectivity index (χ3v) is 4.20. The second kappa shape index (κ2) is 6.70. The van der Waals surface area contributed by atoms with Gasteiger partial charge in [0.25, 0.3) is 0 Å². The summed E-state index contributed by atoms with van der Waals surface area (Å²) < 4.78 is 18.4. The number of benzene rings is 1. The van der Waals surface area contributed by atoms with Crippen molar-refractivity contribution in [2.24, 2.45) is 5.16 Å². The molecule has 0 saturated heterocycles. The monoisotopic (exact) mass is 319 g/mol. The van der Waals surface area contributed by atoms with Gasteiger partial charge in [-0.15, -0.1) is 11.3 Å². The normalized spacial score (nSPS) is 17.0. The fraction of sp³-hybridized carbons (Fsp3) is 0.250. The molecule has 114 valence electrons. The average Bonchev–Trinajstić information content (AvgIpc) is 3.19. The largest absolute Gasteiger partial charge is 0.462 e. The van der Waals surface area contributed by atoms with E-state index in [1.54, 1.807) is 23.5 Å². The van der Waals surface area contributed by atoms with Gasteiger partial charge in [-0.25, -0.2) is 9.18 Å². The zero-order valence-corrected chi connectivity index (χ0v) is 12.5. The first-order valence-corrected chi connectivity index (χ1v) is 7.78. The van der Waals surface area contributed by atoms with Crippen molar-refractivity contribution in [3.63, 3.8) is 0 Å². The van der Waals surface area contributed by atoms with E-state index in [1.165, 1.54) is 12.1 Å². The quantitative estimate of drug-likeness (QED) is 0.795. The third kappa shape index (κ3) is 3.51. The fourth-order valence-electron chi connectivity index (χ4n) is 2.14. The van der Waals surface area contributed by atoms with Crippen LogP contribution in [0.4, 0.5) is 4.39 Å². The SMILES string of the molecule is O=C(OCCc1cccs1)C1CC(c2cccc(F)c2)=NO1. The van der Waals surface area contributed by atoms with Crippen LogP contribution in [0.2, 0.25) is 0 Å². The van der Waals surface area contributed by atoms with Gasteiger partial charge in [0.05, 0.1) is 12.3 Å². The predicted octanol–water partition coefficient (Wildman–Crippen LogP) is 3.17. The van der Waals surface area contributed by atoms with Crippen molar-refractivity contribution in [3.05, 3.63) is 58.0 Å². The van der Waals surface area contributed by atoms with Crippen LogP contribution in [0.3, 0.4) is 0 Å². The van der Waals surface area contributed by atoms with Crippen LogP contribution in [-0.2, 0) is 20.8 Å². The van der Waals surface area contributed by atoms with Crippen molar-refractivity contribution < 1.29 is 18.8 Å². The molecule has 0 N–H and O–H groups in total. The second-order valence-electron chi connectivity index (χ2n) is 4.84. The summed E-state index contributed by atoms with van der Waals surface area (Å²) >= 11 is 1.63. The van der Waals surface area contributed by atoms with E-state index in [0.717, 1.165) is 4.88 Å². The molecule has 1 atom stereocenters. The Labute approximate surface area is 131 Å². The van der Waals surface area contributed by atoms with Gasteiger partial charge in [0.1, 0.15) is 5.82 Å². The van der Waals surface area contributed by atoms with Crippen molar-refractivity contribution in [2.45, 2.75) is 18.9 Å². The average molecular weight is 319 g/mol. The molecule has 22 heavy (non-hydrogen) atoms. The molecule has 1 aromatic heterocycles. The zero-order valence-electron chi connectivity index (χ0n) is 11.7. The van der Waals surface area contributed by atoms with E-state index in [9.17, 15) is 9.18 Å². The molecule has 1 unspecified atom stereocenters. The summed E-state index contributed by atoms with van der Waals surface area (Å²) in [7, 11) is 0. The molecule has 1 aliphatic rings. The Morgan fingerprint density at radius 1 is 1.41 bits per heavy atom. The summed E-state index contributed by atoms with van der Waals surface area (Å²) in [4.78, 5) is 18.2. The highest BCUT2D eigenvalue weighted by atomic mass is 32.1. The van der Waals surface area contributed by atoms with Crippen molar-refractivity contribution in [1.82, 2.24) is 0 Å². The molecular formula is C16H14FNO3S. The van der Waals surface area contributed by atoms with Crippen molar-refractivity contribution in [2.75, 3.05) is 6.61 Å². The Morgan fingerprint density at radius 3 is 3.09 bits per heavy atom. The van der Waals surface area contributed by atoms with E-state index >= 15 is 0 Å². The summed E-state index contributed by atoms with van der Waals surface area (Å²) in [6.45, 7) is 0.314. The topological polar surface area (TPSA) is 47.9 Å². The molecule has 1 aliphatic heterocycles. The molecule has 1 aromatic carbocycles. The first-order chi connectivity index (χ1) is 10.7. The van der Waals surface area contributed by atoms with Crippen LogP contribution in [0.15, 0.2) is 46.9 Å². The van der Waals surface area contributed by atoms with Crippen LogP contribution < -0.4 is 0 Å². The molecule has 0 amide bonds. The molecule has 2 heterocycles. The Bertz CT molecular complexity index is 684. The molecule has 4 nitrogen and oxygen atoms in total. The minimum Gasteiger partial charge on any atom is -0.462 e. The number of ether oxygens (including phenoxy) is 1. The molecule has 0 spiro atoms. The van der Waals surface area contributed by atoms with Gasteiger partial charge in [-0.2, -0.15) is 0 Å². The van der Waals surface area contributed by atoms with Crippen LogP contribution in [-0.4, -0.2) is 24.4 Å². The number of hydrogen-bond donors (Lipinski definition) is 0. The highest BCUT2D eigenvalue weighted by molar-refractivity contribution is 7.09. The smallest absolute Gasteiger partial charge is 0.350 e. The Hall–Kier alpha value is -2.21. The van der Waals surface area contributed by atoms with Gasteiger partial charge < -0.3 is 9.57 Å². The molecule has 0 saturated carbocycles. The van der Waals surface area contributed by atoms with Crippen molar-refractivity contribution >= 4 is 23.0 Å². The number of thiophene rings is 1. The zero-order chi connectivity index (χ0) is 15.4. The lowest BCUT2D eigenvalue weighted by molar-refractivity contribution is -0.155. The lowest BCUT2D eigenvalue weighted by Crippen LogP contribution is -2.24. The number of carbonyl (C=O) groups excluding carboxylic acids is 1. The van der Waals surface area contributed by atoms with E-state index in [0.29, 0.717) is 30.7 Å². The molecule has 0 radical (unpaired) electrons. The Balaban J connectivity index is 1.49. The molecule has 0 aliphatic carbocycles. The number of esters is 1. The highest BCUT2D eigenvalue weighted by Gasteiger charge is 2.30. The maximum absolute atomic E-state index is 13.2. The fourth-order valence-corrected chi connectivity index (χ4v) is 2.83. The molecule has 0 fully saturated rings. The van der Waals surface area contributed by atoms with Crippen LogP contribution >= 0.6 is 11.3 Å². The highest BCUT2D eigenvalue weighted by Crippen LogP contribution is 2.18. The van der Waals surface area contributed by atoms with Gasteiger partial charge in [-0.05, 0) is 23.6 Å². The molecule has 6 heteroatoms. The minimum absolute atomic E-state index is 0.293. The van der Waals surface area contributed by atoms with E-state index < -0.39 is 12.1 Å². The number of nitrogens with zero attached hydrogens (tertiary/aromatic N) is 1. The van der Waals surface area contributed by atoms with Gasteiger partial charge in [-0.1, -0.05) is 23.4 Å². The van der Waals surface area contributed by atoms with E-state index in [4.69, 9.17) is 9.57 Å². The van der Waals surface area contributed by atoms with Gasteiger partial charge in [0.15, 0.2) is 0 Å².